The number of fused-ring (bicyclic) bond motifs is 1. The lowest BCUT2D eigenvalue weighted by Crippen LogP contribution is -2.39. The first-order valence-corrected chi connectivity index (χ1v) is 11.6. The Balaban J connectivity index is 1.66. The summed E-state index contributed by atoms with van der Waals surface area (Å²) in [5.41, 5.74) is 6.30. The average Bonchev–Trinajstić information content (AvgIpc) is 3.16. The van der Waals surface area contributed by atoms with Crippen molar-refractivity contribution in [3.05, 3.63) is 53.9 Å². The highest BCUT2D eigenvalue weighted by Crippen LogP contribution is 2.35. The van der Waals surface area contributed by atoms with Gasteiger partial charge in [0.05, 0.1) is 5.25 Å². The van der Waals surface area contributed by atoms with E-state index in [0.29, 0.717) is 17.6 Å². The predicted octanol–water partition coefficient (Wildman–Crippen LogP) is 4.20. The van der Waals surface area contributed by atoms with E-state index in [2.05, 4.69) is 56.5 Å². The van der Waals surface area contributed by atoms with E-state index in [0.717, 1.165) is 18.7 Å². The average molecular weight is 438 g/mol. The summed E-state index contributed by atoms with van der Waals surface area (Å²) in [5, 5.41) is 13.8. The molecule has 1 atom stereocenters. The Morgan fingerprint density at radius 1 is 1.13 bits per heavy atom. The maximum atomic E-state index is 12.2. The molecule has 8 heteroatoms. The van der Waals surface area contributed by atoms with Crippen LogP contribution in [0.2, 0.25) is 0 Å². The van der Waals surface area contributed by atoms with Crippen LogP contribution in [0, 0.1) is 0 Å². The summed E-state index contributed by atoms with van der Waals surface area (Å²) in [6.07, 6.45) is 6.44. The molecule has 0 radical (unpaired) electrons. The summed E-state index contributed by atoms with van der Waals surface area (Å²) in [4.78, 5) is 23.2. The summed E-state index contributed by atoms with van der Waals surface area (Å²) < 4.78 is 2.22. The van der Waals surface area contributed by atoms with Gasteiger partial charge in [-0.1, -0.05) is 73.5 Å². The van der Waals surface area contributed by atoms with Crippen LogP contribution in [-0.4, -0.2) is 32.0 Å². The number of imide groups is 1. The van der Waals surface area contributed by atoms with Crippen molar-refractivity contribution in [2.24, 2.45) is 5.73 Å². The number of thioether (sulfide) groups is 1. The zero-order chi connectivity index (χ0) is 21.8. The number of benzene rings is 2. The number of rotatable bonds is 6. The van der Waals surface area contributed by atoms with E-state index in [4.69, 9.17) is 5.73 Å². The van der Waals surface area contributed by atoms with Gasteiger partial charge >= 0.3 is 6.03 Å². The van der Waals surface area contributed by atoms with Crippen molar-refractivity contribution >= 4 is 34.5 Å². The lowest BCUT2D eigenvalue weighted by atomic mass is 9.95. The largest absolute Gasteiger partial charge is 0.351 e. The van der Waals surface area contributed by atoms with Crippen LogP contribution in [0.4, 0.5) is 4.79 Å². The lowest BCUT2D eigenvalue weighted by Gasteiger charge is -2.26. The molecular formula is C23H27N5O2S. The van der Waals surface area contributed by atoms with Gasteiger partial charge in [-0.05, 0) is 36.1 Å². The first-order chi connectivity index (χ1) is 15.0. The minimum absolute atomic E-state index is 0.322. The topological polar surface area (TPSA) is 103 Å². The van der Waals surface area contributed by atoms with Crippen LogP contribution < -0.4 is 11.1 Å². The van der Waals surface area contributed by atoms with Gasteiger partial charge < -0.3 is 10.3 Å². The van der Waals surface area contributed by atoms with E-state index in [1.165, 1.54) is 47.4 Å². The number of amides is 3. The van der Waals surface area contributed by atoms with Crippen LogP contribution in [0.5, 0.6) is 0 Å². The van der Waals surface area contributed by atoms with Gasteiger partial charge in [-0.15, -0.1) is 10.2 Å². The van der Waals surface area contributed by atoms with E-state index in [1.54, 1.807) is 6.92 Å². The molecule has 1 aliphatic rings. The van der Waals surface area contributed by atoms with Crippen molar-refractivity contribution in [3.8, 4) is 0 Å². The Bertz CT molecular complexity index is 1090. The number of nitrogens with two attached hydrogens (primary N) is 1. The Hall–Kier alpha value is -2.87. The van der Waals surface area contributed by atoms with Crippen LogP contribution in [-0.2, 0) is 11.2 Å². The Morgan fingerprint density at radius 3 is 2.65 bits per heavy atom. The summed E-state index contributed by atoms with van der Waals surface area (Å²) >= 11 is 1.32. The molecule has 31 heavy (non-hydrogen) atoms. The van der Waals surface area contributed by atoms with Gasteiger partial charge in [0.1, 0.15) is 5.82 Å². The van der Waals surface area contributed by atoms with Gasteiger partial charge in [-0.3, -0.25) is 10.1 Å². The van der Waals surface area contributed by atoms with Gasteiger partial charge in [0.15, 0.2) is 5.16 Å². The van der Waals surface area contributed by atoms with Crippen molar-refractivity contribution < 1.29 is 9.59 Å². The highest BCUT2D eigenvalue weighted by Gasteiger charge is 2.26. The summed E-state index contributed by atoms with van der Waals surface area (Å²) in [5.74, 6) is 0.486. The molecule has 162 valence electrons. The number of carbonyl (C=O) groups is 2. The number of carbonyl (C=O) groups excluding carboxylic acids is 2. The molecule has 0 aliphatic heterocycles. The molecule has 2 aromatic carbocycles. The third kappa shape index (κ3) is 4.90. The molecule has 3 N–H and O–H groups in total. The molecule has 1 heterocycles. The molecule has 1 aliphatic carbocycles. The second-order valence-electron chi connectivity index (χ2n) is 7.99. The van der Waals surface area contributed by atoms with E-state index < -0.39 is 17.2 Å². The minimum atomic E-state index is -0.845. The van der Waals surface area contributed by atoms with Gasteiger partial charge in [0.2, 0.25) is 5.91 Å². The molecule has 1 saturated carbocycles. The van der Waals surface area contributed by atoms with Crippen molar-refractivity contribution in [2.75, 3.05) is 0 Å². The number of urea groups is 1. The zero-order valence-corrected chi connectivity index (χ0v) is 18.4. The maximum absolute atomic E-state index is 12.2. The van der Waals surface area contributed by atoms with E-state index in [9.17, 15) is 9.59 Å². The van der Waals surface area contributed by atoms with E-state index in [1.807, 2.05) is 6.07 Å². The van der Waals surface area contributed by atoms with E-state index >= 15 is 0 Å². The molecule has 1 unspecified atom stereocenters. The summed E-state index contributed by atoms with van der Waals surface area (Å²) in [7, 11) is 0. The minimum Gasteiger partial charge on any atom is -0.351 e. The second-order valence-corrected chi connectivity index (χ2v) is 9.30. The number of hydrogen-bond acceptors (Lipinski definition) is 5. The van der Waals surface area contributed by atoms with Gasteiger partial charge in [-0.2, -0.15) is 0 Å². The molecule has 3 amide bonds. The SMILES string of the molecule is CC(Sc1nnc(Cc2cccc3ccccc23)n1C1CCCCC1)C(=O)NC(N)=O. The van der Waals surface area contributed by atoms with Crippen LogP contribution >= 0.6 is 11.8 Å². The third-order valence-electron chi connectivity index (χ3n) is 5.80. The molecule has 0 spiro atoms. The van der Waals surface area contributed by atoms with Crippen LogP contribution in [0.3, 0.4) is 0 Å². The zero-order valence-electron chi connectivity index (χ0n) is 17.6. The number of primary amides is 1. The standard InChI is InChI=1S/C23H27N5O2S/c1-15(21(29)25-22(24)30)31-23-27-26-20(28(23)18-11-3-2-4-12-18)14-17-10-7-9-16-8-5-6-13-19(16)17/h5-10,13,15,18H,2-4,11-12,14H2,1H3,(H3,24,25,29,30). The number of nitrogens with zero attached hydrogens (tertiary/aromatic N) is 3. The molecule has 3 aromatic rings. The smallest absolute Gasteiger partial charge is 0.318 e. The molecule has 4 rings (SSSR count). The Kier molecular flexibility index (Phi) is 6.56. The van der Waals surface area contributed by atoms with Crippen molar-refractivity contribution in [2.45, 2.75) is 61.9 Å². The van der Waals surface area contributed by atoms with Gasteiger partial charge in [0, 0.05) is 12.5 Å². The van der Waals surface area contributed by atoms with Gasteiger partial charge in [-0.25, -0.2) is 4.79 Å². The van der Waals surface area contributed by atoms with Gasteiger partial charge in [0.25, 0.3) is 0 Å². The summed E-state index contributed by atoms with van der Waals surface area (Å²) in [6, 6.07) is 14.2. The number of hydrogen-bond donors (Lipinski definition) is 2. The maximum Gasteiger partial charge on any atom is 0.318 e. The van der Waals surface area contributed by atoms with Crippen molar-refractivity contribution in [1.82, 2.24) is 20.1 Å². The predicted molar refractivity (Wildman–Crippen MR) is 122 cm³/mol. The fraction of sp³-hybridized carbons (Fsp3) is 0.391. The van der Waals surface area contributed by atoms with Crippen LogP contribution in [0.15, 0.2) is 47.6 Å². The molecule has 7 nitrogen and oxygen atoms in total. The third-order valence-corrected chi connectivity index (χ3v) is 6.86. The first-order valence-electron chi connectivity index (χ1n) is 10.7. The fourth-order valence-electron chi connectivity index (χ4n) is 4.27. The van der Waals surface area contributed by atoms with Crippen LogP contribution in [0.25, 0.3) is 10.8 Å². The van der Waals surface area contributed by atoms with Crippen molar-refractivity contribution in [1.29, 1.82) is 0 Å². The normalized spacial score (nSPS) is 15.6. The Labute approximate surface area is 185 Å². The molecule has 1 fully saturated rings. The molecular weight excluding hydrogens is 410 g/mol. The molecule has 0 bridgehead atoms. The van der Waals surface area contributed by atoms with Crippen molar-refractivity contribution in [3.63, 3.8) is 0 Å². The number of nitrogens with one attached hydrogen (secondary N) is 1. The first kappa shape index (κ1) is 21.4. The lowest BCUT2D eigenvalue weighted by molar-refractivity contribution is -0.119. The number of aromatic nitrogens is 3. The monoisotopic (exact) mass is 437 g/mol. The highest BCUT2D eigenvalue weighted by atomic mass is 32.2. The highest BCUT2D eigenvalue weighted by molar-refractivity contribution is 8.00. The second kappa shape index (κ2) is 9.51. The van der Waals surface area contributed by atoms with E-state index in [-0.39, 0.29) is 0 Å². The molecule has 0 saturated heterocycles. The Morgan fingerprint density at radius 2 is 1.87 bits per heavy atom. The quantitative estimate of drug-likeness (QED) is 0.563. The fourth-order valence-corrected chi connectivity index (χ4v) is 5.20. The molecule has 1 aromatic heterocycles. The van der Waals surface area contributed by atoms with Crippen LogP contribution in [0.1, 0.15) is 56.5 Å². The summed E-state index contributed by atoms with van der Waals surface area (Å²) in [6.45, 7) is 1.74.